The standard InChI is InChI=1S/C18H14ClNO3/c1-2-12-5-3-6-14(9-12)20-18(21)13-10-15(19)17-16(11-13)22-7-4-8-23-17/h1,3,5-6,9-11H,4,7-8H2,(H,20,21). The number of halogens is 1. The summed E-state index contributed by atoms with van der Waals surface area (Å²) in [7, 11) is 0. The Morgan fingerprint density at radius 1 is 1.22 bits per heavy atom. The Bertz CT molecular complexity index is 795. The third-order valence-corrected chi connectivity index (χ3v) is 3.63. The molecule has 23 heavy (non-hydrogen) atoms. The average molecular weight is 328 g/mol. The summed E-state index contributed by atoms with van der Waals surface area (Å²) in [6.45, 7) is 1.07. The van der Waals surface area contributed by atoms with Crippen LogP contribution in [0.3, 0.4) is 0 Å². The van der Waals surface area contributed by atoms with E-state index < -0.39 is 0 Å². The molecule has 0 unspecified atom stereocenters. The fraction of sp³-hybridized carbons (Fsp3) is 0.167. The molecule has 0 atom stereocenters. The largest absolute Gasteiger partial charge is 0.489 e. The summed E-state index contributed by atoms with van der Waals surface area (Å²) < 4.78 is 11.1. The van der Waals surface area contributed by atoms with Crippen molar-refractivity contribution in [2.45, 2.75) is 6.42 Å². The van der Waals surface area contributed by atoms with Gasteiger partial charge < -0.3 is 14.8 Å². The van der Waals surface area contributed by atoms with Gasteiger partial charge in [0, 0.05) is 23.2 Å². The van der Waals surface area contributed by atoms with Gasteiger partial charge in [-0.25, -0.2) is 0 Å². The van der Waals surface area contributed by atoms with E-state index in [9.17, 15) is 4.79 Å². The summed E-state index contributed by atoms with van der Waals surface area (Å²) in [6.07, 6.45) is 6.13. The first-order valence-electron chi connectivity index (χ1n) is 7.14. The van der Waals surface area contributed by atoms with E-state index in [4.69, 9.17) is 27.5 Å². The molecule has 0 radical (unpaired) electrons. The van der Waals surface area contributed by atoms with Gasteiger partial charge in [0.05, 0.1) is 18.2 Å². The van der Waals surface area contributed by atoms with Crippen LogP contribution in [0.15, 0.2) is 36.4 Å². The molecule has 2 aromatic carbocycles. The molecule has 2 aromatic rings. The van der Waals surface area contributed by atoms with E-state index in [0.29, 0.717) is 46.5 Å². The Hall–Kier alpha value is -2.64. The molecule has 5 heteroatoms. The molecule has 1 N–H and O–H groups in total. The summed E-state index contributed by atoms with van der Waals surface area (Å²) in [5.74, 6) is 3.20. The van der Waals surface area contributed by atoms with Gasteiger partial charge in [-0.2, -0.15) is 0 Å². The first kappa shape index (κ1) is 15.3. The number of carbonyl (C=O) groups is 1. The lowest BCUT2D eigenvalue weighted by atomic mass is 10.1. The van der Waals surface area contributed by atoms with Gasteiger partial charge in [0.15, 0.2) is 11.5 Å². The molecule has 0 saturated heterocycles. The molecule has 0 aliphatic carbocycles. The lowest BCUT2D eigenvalue weighted by Gasteiger charge is -2.12. The Morgan fingerprint density at radius 2 is 2.04 bits per heavy atom. The minimum atomic E-state index is -0.295. The molecule has 1 amide bonds. The van der Waals surface area contributed by atoms with Gasteiger partial charge in [0.25, 0.3) is 5.91 Å². The second-order valence-electron chi connectivity index (χ2n) is 5.02. The summed E-state index contributed by atoms with van der Waals surface area (Å²) in [5.41, 5.74) is 1.71. The average Bonchev–Trinajstić information content (AvgIpc) is 2.80. The molecule has 0 bridgehead atoms. The highest BCUT2D eigenvalue weighted by Crippen LogP contribution is 2.38. The number of hydrogen-bond donors (Lipinski definition) is 1. The zero-order valence-electron chi connectivity index (χ0n) is 12.3. The van der Waals surface area contributed by atoms with Crippen LogP contribution in [-0.4, -0.2) is 19.1 Å². The van der Waals surface area contributed by atoms with Crippen LogP contribution in [0.5, 0.6) is 11.5 Å². The van der Waals surface area contributed by atoms with Gasteiger partial charge >= 0.3 is 0 Å². The Labute approximate surface area is 139 Å². The summed E-state index contributed by atoms with van der Waals surface area (Å²) in [6, 6.07) is 10.3. The van der Waals surface area contributed by atoms with E-state index in [-0.39, 0.29) is 5.91 Å². The first-order chi connectivity index (χ1) is 11.2. The van der Waals surface area contributed by atoms with Crippen molar-refractivity contribution < 1.29 is 14.3 Å². The van der Waals surface area contributed by atoms with Crippen LogP contribution in [0.25, 0.3) is 0 Å². The molecule has 3 rings (SSSR count). The third kappa shape index (κ3) is 3.41. The molecule has 1 heterocycles. The number of terminal acetylenes is 1. The fourth-order valence-electron chi connectivity index (χ4n) is 2.25. The fourth-order valence-corrected chi connectivity index (χ4v) is 2.52. The van der Waals surface area contributed by atoms with E-state index in [1.165, 1.54) is 0 Å². The number of amides is 1. The van der Waals surface area contributed by atoms with Crippen molar-refractivity contribution in [2.75, 3.05) is 18.5 Å². The van der Waals surface area contributed by atoms with Gasteiger partial charge in [-0.1, -0.05) is 23.6 Å². The van der Waals surface area contributed by atoms with Crippen molar-refractivity contribution in [1.29, 1.82) is 0 Å². The summed E-state index contributed by atoms with van der Waals surface area (Å²) in [5, 5.41) is 3.15. The summed E-state index contributed by atoms with van der Waals surface area (Å²) >= 11 is 6.20. The number of rotatable bonds is 2. The van der Waals surface area contributed by atoms with Crippen LogP contribution in [0.4, 0.5) is 5.69 Å². The molecule has 1 aliphatic rings. The van der Waals surface area contributed by atoms with Gasteiger partial charge in [0.1, 0.15) is 0 Å². The lowest BCUT2D eigenvalue weighted by molar-refractivity contribution is 0.102. The number of ether oxygens (including phenoxy) is 2. The number of benzene rings is 2. The predicted octanol–water partition coefficient (Wildman–Crippen LogP) is 3.73. The Kier molecular flexibility index (Phi) is 4.40. The van der Waals surface area contributed by atoms with Crippen molar-refractivity contribution in [3.63, 3.8) is 0 Å². The molecule has 0 spiro atoms. The third-order valence-electron chi connectivity index (χ3n) is 3.35. The molecular formula is C18H14ClNO3. The molecule has 0 fully saturated rings. The van der Waals surface area contributed by atoms with Crippen molar-refractivity contribution in [2.24, 2.45) is 0 Å². The van der Waals surface area contributed by atoms with Gasteiger partial charge in [-0.05, 0) is 30.3 Å². The maximum absolute atomic E-state index is 12.4. The highest BCUT2D eigenvalue weighted by atomic mass is 35.5. The van der Waals surface area contributed by atoms with Crippen molar-refractivity contribution in [1.82, 2.24) is 0 Å². The zero-order chi connectivity index (χ0) is 16.2. The maximum atomic E-state index is 12.4. The van der Waals surface area contributed by atoms with Crippen LogP contribution in [0.1, 0.15) is 22.3 Å². The van der Waals surface area contributed by atoms with Gasteiger partial charge in [0.2, 0.25) is 0 Å². The minimum absolute atomic E-state index is 0.295. The zero-order valence-corrected chi connectivity index (χ0v) is 13.0. The van der Waals surface area contributed by atoms with E-state index in [0.717, 1.165) is 6.42 Å². The topological polar surface area (TPSA) is 47.6 Å². The number of carbonyl (C=O) groups excluding carboxylic acids is 1. The molecule has 116 valence electrons. The predicted molar refractivity (Wildman–Crippen MR) is 89.4 cm³/mol. The Morgan fingerprint density at radius 3 is 2.87 bits per heavy atom. The molecular weight excluding hydrogens is 314 g/mol. The van der Waals surface area contributed by atoms with Crippen LogP contribution in [-0.2, 0) is 0 Å². The van der Waals surface area contributed by atoms with Crippen molar-refractivity contribution in [3.8, 4) is 23.8 Å². The van der Waals surface area contributed by atoms with E-state index in [1.807, 2.05) is 0 Å². The van der Waals surface area contributed by atoms with E-state index in [2.05, 4.69) is 11.2 Å². The highest BCUT2D eigenvalue weighted by molar-refractivity contribution is 6.32. The molecule has 0 aromatic heterocycles. The monoisotopic (exact) mass is 327 g/mol. The molecule has 4 nitrogen and oxygen atoms in total. The maximum Gasteiger partial charge on any atom is 0.255 e. The highest BCUT2D eigenvalue weighted by Gasteiger charge is 2.18. The van der Waals surface area contributed by atoms with Crippen LogP contribution in [0, 0.1) is 12.3 Å². The molecule has 0 saturated carbocycles. The van der Waals surface area contributed by atoms with Crippen LogP contribution >= 0.6 is 11.6 Å². The smallest absolute Gasteiger partial charge is 0.255 e. The SMILES string of the molecule is C#Cc1cccc(NC(=O)c2cc(Cl)c3c(c2)OCCCO3)c1. The van der Waals surface area contributed by atoms with E-state index in [1.54, 1.807) is 36.4 Å². The summed E-state index contributed by atoms with van der Waals surface area (Å²) in [4.78, 5) is 12.4. The van der Waals surface area contributed by atoms with Crippen molar-refractivity contribution in [3.05, 3.63) is 52.5 Å². The second-order valence-corrected chi connectivity index (χ2v) is 5.42. The number of nitrogens with one attached hydrogen (secondary N) is 1. The van der Waals surface area contributed by atoms with E-state index >= 15 is 0 Å². The quantitative estimate of drug-likeness (QED) is 0.855. The van der Waals surface area contributed by atoms with Crippen LogP contribution < -0.4 is 14.8 Å². The number of hydrogen-bond acceptors (Lipinski definition) is 3. The number of anilines is 1. The first-order valence-corrected chi connectivity index (χ1v) is 7.52. The Balaban J connectivity index is 1.86. The van der Waals surface area contributed by atoms with Crippen LogP contribution in [0.2, 0.25) is 5.02 Å². The second kappa shape index (κ2) is 6.64. The molecule has 1 aliphatic heterocycles. The normalized spacial score (nSPS) is 12.9. The van der Waals surface area contributed by atoms with Gasteiger partial charge in [-0.3, -0.25) is 4.79 Å². The van der Waals surface area contributed by atoms with Gasteiger partial charge in [-0.15, -0.1) is 6.42 Å². The number of fused-ring (bicyclic) bond motifs is 1. The lowest BCUT2D eigenvalue weighted by Crippen LogP contribution is -2.12. The minimum Gasteiger partial charge on any atom is -0.489 e. The van der Waals surface area contributed by atoms with Crippen molar-refractivity contribution >= 4 is 23.2 Å².